The molecule has 3 aromatic rings. The van der Waals surface area contributed by atoms with Gasteiger partial charge in [-0.05, 0) is 62.4 Å². The monoisotopic (exact) mass is 435 g/mol. The molecule has 1 saturated carbocycles. The molecule has 3 N–H and O–H groups in total. The van der Waals surface area contributed by atoms with Crippen LogP contribution in [0.1, 0.15) is 53.6 Å². The number of aryl methyl sites for hydroxylation is 1. The molecule has 0 aliphatic heterocycles. The van der Waals surface area contributed by atoms with Crippen molar-refractivity contribution in [3.8, 4) is 5.75 Å². The van der Waals surface area contributed by atoms with E-state index in [1.165, 1.54) is 6.20 Å². The number of pyridine rings is 1. The highest BCUT2D eigenvalue weighted by Crippen LogP contribution is 2.43. The standard InChI is InChI=1S/C25H26ClN3O2/c1-17-7-5-8-18(13-17)24(30)29-21-10-6-9-19(14-21)25(11-3-2-4-12-25)31-22-15-20(26)16-28-23(22)27/h5-10,13-16H,2-4,11-12H2,1H3,(H2,27,28)(H,29,30). The number of anilines is 2. The summed E-state index contributed by atoms with van der Waals surface area (Å²) in [5.41, 5.74) is 8.94. The van der Waals surface area contributed by atoms with E-state index < -0.39 is 5.60 Å². The Hall–Kier alpha value is -3.05. The van der Waals surface area contributed by atoms with Gasteiger partial charge in [0.25, 0.3) is 5.91 Å². The summed E-state index contributed by atoms with van der Waals surface area (Å²) in [6, 6.07) is 17.1. The molecule has 2 aromatic carbocycles. The molecule has 0 spiro atoms. The fraction of sp³-hybridized carbons (Fsp3) is 0.280. The first-order valence-electron chi connectivity index (χ1n) is 10.5. The predicted octanol–water partition coefficient (Wildman–Crippen LogP) is 6.12. The van der Waals surface area contributed by atoms with E-state index in [-0.39, 0.29) is 5.91 Å². The van der Waals surface area contributed by atoms with Crippen LogP contribution < -0.4 is 15.8 Å². The zero-order valence-electron chi connectivity index (χ0n) is 17.5. The maximum absolute atomic E-state index is 12.7. The summed E-state index contributed by atoms with van der Waals surface area (Å²) in [4.78, 5) is 16.9. The van der Waals surface area contributed by atoms with Crippen LogP contribution in [0.3, 0.4) is 0 Å². The number of benzene rings is 2. The maximum atomic E-state index is 12.7. The lowest BCUT2D eigenvalue weighted by atomic mass is 9.79. The van der Waals surface area contributed by atoms with Crippen molar-refractivity contribution < 1.29 is 9.53 Å². The number of nitrogens with two attached hydrogens (primary N) is 1. The molecule has 0 unspecified atom stereocenters. The lowest BCUT2D eigenvalue weighted by Crippen LogP contribution is -2.36. The Morgan fingerprint density at radius 1 is 1.10 bits per heavy atom. The molecule has 5 nitrogen and oxygen atoms in total. The minimum atomic E-state index is -0.539. The molecule has 1 amide bonds. The van der Waals surface area contributed by atoms with Crippen molar-refractivity contribution >= 4 is 29.0 Å². The molecule has 0 saturated heterocycles. The highest BCUT2D eigenvalue weighted by molar-refractivity contribution is 6.30. The number of nitrogen functional groups attached to an aromatic ring is 1. The van der Waals surface area contributed by atoms with Gasteiger partial charge in [-0.3, -0.25) is 4.79 Å². The molecule has 1 aromatic heterocycles. The van der Waals surface area contributed by atoms with Crippen molar-refractivity contribution in [1.29, 1.82) is 0 Å². The molecule has 1 aliphatic carbocycles. The van der Waals surface area contributed by atoms with Crippen LogP contribution in [0.15, 0.2) is 60.8 Å². The minimum absolute atomic E-state index is 0.136. The second kappa shape index (κ2) is 8.98. The number of aromatic nitrogens is 1. The largest absolute Gasteiger partial charge is 0.479 e. The van der Waals surface area contributed by atoms with Gasteiger partial charge in [-0.2, -0.15) is 0 Å². The number of carbonyl (C=O) groups is 1. The Labute approximate surface area is 187 Å². The van der Waals surface area contributed by atoms with Gasteiger partial charge in [-0.15, -0.1) is 0 Å². The third kappa shape index (κ3) is 4.83. The SMILES string of the molecule is Cc1cccc(C(=O)Nc2cccc(C3(Oc4cc(Cl)cnc4N)CCCCC3)c2)c1. The summed E-state index contributed by atoms with van der Waals surface area (Å²) < 4.78 is 6.52. The molecule has 0 radical (unpaired) electrons. The number of nitrogens with zero attached hydrogens (tertiary/aromatic N) is 1. The first-order chi connectivity index (χ1) is 14.9. The van der Waals surface area contributed by atoms with Crippen LogP contribution in [-0.2, 0) is 5.60 Å². The molecule has 31 heavy (non-hydrogen) atoms. The van der Waals surface area contributed by atoms with Crippen molar-refractivity contribution in [3.05, 3.63) is 82.5 Å². The van der Waals surface area contributed by atoms with Crippen molar-refractivity contribution in [2.24, 2.45) is 0 Å². The first-order valence-corrected chi connectivity index (χ1v) is 10.9. The molecule has 1 fully saturated rings. The molecular formula is C25H26ClN3O2. The molecule has 0 bridgehead atoms. The van der Waals surface area contributed by atoms with Crippen LogP contribution in [0.5, 0.6) is 5.75 Å². The lowest BCUT2D eigenvalue weighted by Gasteiger charge is -2.38. The zero-order chi connectivity index (χ0) is 21.8. The van der Waals surface area contributed by atoms with E-state index in [0.717, 1.165) is 48.9 Å². The van der Waals surface area contributed by atoms with Gasteiger partial charge in [-0.25, -0.2) is 4.98 Å². The van der Waals surface area contributed by atoms with Gasteiger partial charge in [0.05, 0.1) is 5.02 Å². The van der Waals surface area contributed by atoms with E-state index in [9.17, 15) is 4.79 Å². The first kappa shape index (κ1) is 21.2. The van der Waals surface area contributed by atoms with E-state index in [1.807, 2.05) is 55.5 Å². The predicted molar refractivity (Wildman–Crippen MR) is 125 cm³/mol. The highest BCUT2D eigenvalue weighted by Gasteiger charge is 2.37. The van der Waals surface area contributed by atoms with E-state index in [0.29, 0.717) is 22.2 Å². The summed E-state index contributed by atoms with van der Waals surface area (Å²) in [6.07, 6.45) is 6.49. The van der Waals surface area contributed by atoms with Crippen LogP contribution in [0, 0.1) is 6.92 Å². The lowest BCUT2D eigenvalue weighted by molar-refractivity contribution is 0.0268. The van der Waals surface area contributed by atoms with Gasteiger partial charge in [-0.1, -0.05) is 47.9 Å². The average Bonchev–Trinajstić information content (AvgIpc) is 2.77. The van der Waals surface area contributed by atoms with Crippen LogP contribution in [0.25, 0.3) is 0 Å². The summed E-state index contributed by atoms with van der Waals surface area (Å²) in [6.45, 7) is 1.97. The highest BCUT2D eigenvalue weighted by atomic mass is 35.5. The molecular weight excluding hydrogens is 410 g/mol. The Bertz CT molecular complexity index is 1090. The van der Waals surface area contributed by atoms with Crippen molar-refractivity contribution in [2.75, 3.05) is 11.1 Å². The van der Waals surface area contributed by atoms with Crippen LogP contribution in [0.2, 0.25) is 5.02 Å². The number of nitrogens with one attached hydrogen (secondary N) is 1. The third-order valence-corrected chi connectivity index (χ3v) is 5.95. The minimum Gasteiger partial charge on any atom is -0.479 e. The van der Waals surface area contributed by atoms with Gasteiger partial charge in [0, 0.05) is 23.5 Å². The molecule has 6 heteroatoms. The smallest absolute Gasteiger partial charge is 0.255 e. The Morgan fingerprint density at radius 3 is 2.65 bits per heavy atom. The molecule has 4 rings (SSSR count). The molecule has 1 aliphatic rings. The Morgan fingerprint density at radius 2 is 1.87 bits per heavy atom. The zero-order valence-corrected chi connectivity index (χ0v) is 18.3. The number of amides is 1. The number of rotatable bonds is 5. The van der Waals surface area contributed by atoms with Crippen molar-refractivity contribution in [3.63, 3.8) is 0 Å². The van der Waals surface area contributed by atoms with Gasteiger partial charge in [0.15, 0.2) is 11.6 Å². The summed E-state index contributed by atoms with van der Waals surface area (Å²) in [5.74, 6) is 0.671. The van der Waals surface area contributed by atoms with E-state index in [2.05, 4.69) is 10.3 Å². The van der Waals surface area contributed by atoms with Gasteiger partial charge >= 0.3 is 0 Å². The maximum Gasteiger partial charge on any atom is 0.255 e. The van der Waals surface area contributed by atoms with E-state index in [4.69, 9.17) is 22.1 Å². The molecule has 1 heterocycles. The topological polar surface area (TPSA) is 77.2 Å². The third-order valence-electron chi connectivity index (χ3n) is 5.74. The van der Waals surface area contributed by atoms with Crippen LogP contribution >= 0.6 is 11.6 Å². The number of ether oxygens (including phenoxy) is 1. The summed E-state index contributed by atoms with van der Waals surface area (Å²) in [5, 5.41) is 3.49. The van der Waals surface area contributed by atoms with Crippen LogP contribution in [-0.4, -0.2) is 10.9 Å². The Balaban J connectivity index is 1.63. The van der Waals surface area contributed by atoms with Gasteiger partial charge in [0.1, 0.15) is 5.60 Å². The molecule has 160 valence electrons. The van der Waals surface area contributed by atoms with Gasteiger partial charge < -0.3 is 15.8 Å². The van der Waals surface area contributed by atoms with Crippen molar-refractivity contribution in [1.82, 2.24) is 4.98 Å². The molecule has 0 atom stereocenters. The quantitative estimate of drug-likeness (QED) is 0.506. The van der Waals surface area contributed by atoms with Gasteiger partial charge in [0.2, 0.25) is 0 Å². The second-order valence-electron chi connectivity index (χ2n) is 8.10. The Kier molecular flexibility index (Phi) is 6.14. The summed E-state index contributed by atoms with van der Waals surface area (Å²) >= 11 is 6.13. The van der Waals surface area contributed by atoms with Crippen molar-refractivity contribution in [2.45, 2.75) is 44.6 Å². The van der Waals surface area contributed by atoms with Crippen LogP contribution in [0.4, 0.5) is 11.5 Å². The normalized spacial score (nSPS) is 15.3. The number of halogens is 1. The van der Waals surface area contributed by atoms with E-state index >= 15 is 0 Å². The number of hydrogen-bond acceptors (Lipinski definition) is 4. The van der Waals surface area contributed by atoms with E-state index in [1.54, 1.807) is 6.07 Å². The average molecular weight is 436 g/mol. The number of carbonyl (C=O) groups excluding carboxylic acids is 1. The summed E-state index contributed by atoms with van der Waals surface area (Å²) in [7, 11) is 0. The fourth-order valence-electron chi connectivity index (χ4n) is 4.17. The second-order valence-corrected chi connectivity index (χ2v) is 8.53. The number of hydrogen-bond donors (Lipinski definition) is 2. The fourth-order valence-corrected chi connectivity index (χ4v) is 4.31.